The van der Waals surface area contributed by atoms with Crippen molar-refractivity contribution in [2.75, 3.05) is 0 Å². The third kappa shape index (κ3) is 2.52. The molecule has 2 heterocycles. The summed E-state index contributed by atoms with van der Waals surface area (Å²) in [5, 5.41) is 7.60. The predicted molar refractivity (Wildman–Crippen MR) is 72.3 cm³/mol. The van der Waals surface area contributed by atoms with Crippen LogP contribution in [-0.4, -0.2) is 9.97 Å². The molecule has 5 heteroatoms. The Morgan fingerprint density at radius 2 is 2.00 bits per heavy atom. The molecule has 0 aliphatic rings. The number of aromatic nitrogens is 2. The minimum Gasteiger partial charge on any atom is -0.304 e. The monoisotopic (exact) mass is 261 g/mol. The largest absolute Gasteiger partial charge is 0.304 e. The van der Waals surface area contributed by atoms with Gasteiger partial charge in [0.25, 0.3) is 0 Å². The van der Waals surface area contributed by atoms with Crippen LogP contribution in [0, 0.1) is 0 Å². The molecule has 3 aromatic rings. The summed E-state index contributed by atoms with van der Waals surface area (Å²) in [4.78, 5) is 8.80. The topological polar surface area (TPSA) is 37.8 Å². The Balaban J connectivity index is 1.65. The molecule has 0 atom stereocenters. The summed E-state index contributed by atoms with van der Waals surface area (Å²) in [5.41, 5.74) is 1.09. The van der Waals surface area contributed by atoms with Crippen LogP contribution in [0.3, 0.4) is 0 Å². The van der Waals surface area contributed by atoms with E-state index < -0.39 is 0 Å². The van der Waals surface area contributed by atoms with Gasteiger partial charge in [-0.25, -0.2) is 9.97 Å². The van der Waals surface area contributed by atoms with Crippen molar-refractivity contribution in [1.82, 2.24) is 15.3 Å². The van der Waals surface area contributed by atoms with Gasteiger partial charge in [0, 0.05) is 24.7 Å². The van der Waals surface area contributed by atoms with Crippen LogP contribution in [0.2, 0.25) is 0 Å². The number of para-hydroxylation sites is 1. The van der Waals surface area contributed by atoms with Crippen LogP contribution in [0.4, 0.5) is 0 Å². The van der Waals surface area contributed by atoms with Crippen molar-refractivity contribution >= 4 is 32.9 Å². The molecule has 0 spiro atoms. The SMILES string of the molecule is c1ccc2sc(CNCc3nccs3)nc2c1. The van der Waals surface area contributed by atoms with Crippen molar-refractivity contribution in [2.45, 2.75) is 13.1 Å². The average molecular weight is 261 g/mol. The van der Waals surface area contributed by atoms with Gasteiger partial charge in [-0.3, -0.25) is 0 Å². The van der Waals surface area contributed by atoms with Crippen LogP contribution in [0.15, 0.2) is 35.8 Å². The number of benzene rings is 1. The zero-order valence-corrected chi connectivity index (χ0v) is 10.7. The Kier molecular flexibility index (Phi) is 3.13. The van der Waals surface area contributed by atoms with Crippen LogP contribution in [0.1, 0.15) is 10.0 Å². The highest BCUT2D eigenvalue weighted by Crippen LogP contribution is 2.21. The van der Waals surface area contributed by atoms with Gasteiger partial charge in [-0.15, -0.1) is 22.7 Å². The first kappa shape index (κ1) is 10.8. The van der Waals surface area contributed by atoms with E-state index in [9.17, 15) is 0 Å². The molecular formula is C12H11N3S2. The maximum absolute atomic E-state index is 4.57. The Bertz CT molecular complexity index is 568. The highest BCUT2D eigenvalue weighted by atomic mass is 32.1. The van der Waals surface area contributed by atoms with Crippen LogP contribution in [0.5, 0.6) is 0 Å². The molecule has 1 aromatic carbocycles. The zero-order valence-electron chi connectivity index (χ0n) is 9.09. The number of fused-ring (bicyclic) bond motifs is 1. The molecule has 2 aromatic heterocycles. The molecule has 3 rings (SSSR count). The second-order valence-corrected chi connectivity index (χ2v) is 5.70. The molecule has 0 saturated carbocycles. The second kappa shape index (κ2) is 4.91. The molecule has 0 amide bonds. The first-order chi connectivity index (χ1) is 8.42. The molecule has 3 nitrogen and oxygen atoms in total. The van der Waals surface area contributed by atoms with E-state index in [1.165, 1.54) is 4.70 Å². The van der Waals surface area contributed by atoms with E-state index in [-0.39, 0.29) is 0 Å². The van der Waals surface area contributed by atoms with Gasteiger partial charge in [0.05, 0.1) is 10.2 Å². The minimum atomic E-state index is 0.804. The van der Waals surface area contributed by atoms with Gasteiger partial charge in [0.1, 0.15) is 10.0 Å². The maximum atomic E-state index is 4.57. The normalized spacial score (nSPS) is 11.1. The molecule has 86 valence electrons. The molecule has 0 aliphatic carbocycles. The highest BCUT2D eigenvalue weighted by molar-refractivity contribution is 7.18. The van der Waals surface area contributed by atoms with E-state index in [1.807, 2.05) is 23.7 Å². The van der Waals surface area contributed by atoms with Crippen LogP contribution < -0.4 is 5.32 Å². The van der Waals surface area contributed by atoms with Gasteiger partial charge in [-0.1, -0.05) is 12.1 Å². The first-order valence-corrected chi connectivity index (χ1v) is 7.05. The molecular weight excluding hydrogens is 250 g/mol. The smallest absolute Gasteiger partial charge is 0.108 e. The van der Waals surface area contributed by atoms with E-state index in [0.717, 1.165) is 28.6 Å². The number of hydrogen-bond donors (Lipinski definition) is 1. The van der Waals surface area contributed by atoms with E-state index >= 15 is 0 Å². The molecule has 0 radical (unpaired) electrons. The standard InChI is InChI=1S/C12H11N3S2/c1-2-4-10-9(3-1)15-12(17-10)8-13-7-11-14-5-6-16-11/h1-6,13H,7-8H2. The fourth-order valence-electron chi connectivity index (χ4n) is 1.61. The highest BCUT2D eigenvalue weighted by Gasteiger charge is 2.02. The van der Waals surface area contributed by atoms with Crippen LogP contribution in [0.25, 0.3) is 10.2 Å². The number of hydrogen-bond acceptors (Lipinski definition) is 5. The first-order valence-electron chi connectivity index (χ1n) is 5.35. The molecule has 0 unspecified atom stereocenters. The summed E-state index contributed by atoms with van der Waals surface area (Å²) in [7, 11) is 0. The Morgan fingerprint density at radius 3 is 2.82 bits per heavy atom. The Hall–Kier alpha value is -1.30. The summed E-state index contributed by atoms with van der Waals surface area (Å²) in [6.45, 7) is 1.62. The van der Waals surface area contributed by atoms with E-state index in [2.05, 4.69) is 27.4 Å². The van der Waals surface area contributed by atoms with Crippen molar-refractivity contribution in [3.8, 4) is 0 Å². The van der Waals surface area contributed by atoms with Crippen molar-refractivity contribution < 1.29 is 0 Å². The number of rotatable bonds is 4. The lowest BCUT2D eigenvalue weighted by atomic mass is 10.3. The van der Waals surface area contributed by atoms with Gasteiger partial charge in [0.15, 0.2) is 0 Å². The average Bonchev–Trinajstić information content (AvgIpc) is 2.96. The number of thiazole rings is 2. The van der Waals surface area contributed by atoms with Crippen molar-refractivity contribution in [3.63, 3.8) is 0 Å². The van der Waals surface area contributed by atoms with Crippen molar-refractivity contribution in [3.05, 3.63) is 45.9 Å². The van der Waals surface area contributed by atoms with Gasteiger partial charge >= 0.3 is 0 Å². The quantitative estimate of drug-likeness (QED) is 0.784. The summed E-state index contributed by atoms with van der Waals surface area (Å²) in [6.07, 6.45) is 1.83. The lowest BCUT2D eigenvalue weighted by Gasteiger charge is -1.97. The summed E-state index contributed by atoms with van der Waals surface area (Å²) < 4.78 is 1.25. The summed E-state index contributed by atoms with van der Waals surface area (Å²) in [5.74, 6) is 0. The molecule has 0 fully saturated rings. The maximum Gasteiger partial charge on any atom is 0.108 e. The number of nitrogens with one attached hydrogen (secondary N) is 1. The molecule has 0 bridgehead atoms. The second-order valence-electron chi connectivity index (χ2n) is 3.60. The van der Waals surface area contributed by atoms with E-state index in [0.29, 0.717) is 0 Å². The van der Waals surface area contributed by atoms with Crippen molar-refractivity contribution in [2.24, 2.45) is 0 Å². The van der Waals surface area contributed by atoms with Crippen molar-refractivity contribution in [1.29, 1.82) is 0 Å². The molecule has 1 N–H and O–H groups in total. The third-order valence-corrected chi connectivity index (χ3v) is 4.19. The van der Waals surface area contributed by atoms with Gasteiger partial charge in [-0.05, 0) is 12.1 Å². The van der Waals surface area contributed by atoms with Crippen LogP contribution >= 0.6 is 22.7 Å². The predicted octanol–water partition coefficient (Wildman–Crippen LogP) is 3.04. The molecule has 17 heavy (non-hydrogen) atoms. The van der Waals surface area contributed by atoms with Gasteiger partial charge < -0.3 is 5.32 Å². The lowest BCUT2D eigenvalue weighted by Crippen LogP contribution is -2.12. The third-order valence-electron chi connectivity index (χ3n) is 2.37. The Morgan fingerprint density at radius 1 is 1.12 bits per heavy atom. The molecule has 0 saturated heterocycles. The van der Waals surface area contributed by atoms with E-state index in [4.69, 9.17) is 0 Å². The van der Waals surface area contributed by atoms with Crippen LogP contribution in [-0.2, 0) is 13.1 Å². The fraction of sp³-hybridized carbons (Fsp3) is 0.167. The van der Waals surface area contributed by atoms with Gasteiger partial charge in [0.2, 0.25) is 0 Å². The van der Waals surface area contributed by atoms with E-state index in [1.54, 1.807) is 22.7 Å². The minimum absolute atomic E-state index is 0.804. The Labute approximate surface area is 107 Å². The molecule has 0 aliphatic heterocycles. The summed E-state index contributed by atoms with van der Waals surface area (Å²) in [6, 6.07) is 8.23. The fourth-order valence-corrected chi connectivity index (χ4v) is 3.14. The summed E-state index contributed by atoms with van der Waals surface area (Å²) >= 11 is 3.42. The number of nitrogens with zero attached hydrogens (tertiary/aromatic N) is 2. The zero-order chi connectivity index (χ0) is 11.5. The van der Waals surface area contributed by atoms with Gasteiger partial charge in [-0.2, -0.15) is 0 Å². The lowest BCUT2D eigenvalue weighted by molar-refractivity contribution is 0.687.